The van der Waals surface area contributed by atoms with E-state index in [-0.39, 0.29) is 6.04 Å². The van der Waals surface area contributed by atoms with Crippen molar-refractivity contribution < 1.29 is 14.2 Å². The highest BCUT2D eigenvalue weighted by molar-refractivity contribution is 5.55. The number of methoxy groups -OCH3 is 2. The van der Waals surface area contributed by atoms with E-state index in [1.165, 1.54) is 11.1 Å². The van der Waals surface area contributed by atoms with Crippen molar-refractivity contribution in [2.24, 2.45) is 0 Å². The van der Waals surface area contributed by atoms with Crippen LogP contribution in [0.5, 0.6) is 17.2 Å². The number of hydrogen-bond acceptors (Lipinski definition) is 4. The molecule has 1 aliphatic heterocycles. The molecule has 3 aromatic rings. The highest BCUT2D eigenvalue weighted by Crippen LogP contribution is 2.36. The summed E-state index contributed by atoms with van der Waals surface area (Å²) in [6.45, 7) is 1.45. The molecule has 0 amide bonds. The van der Waals surface area contributed by atoms with E-state index in [4.69, 9.17) is 14.2 Å². The van der Waals surface area contributed by atoms with Crippen molar-refractivity contribution in [2.75, 3.05) is 20.8 Å². The summed E-state index contributed by atoms with van der Waals surface area (Å²) in [5.41, 5.74) is 4.80. The zero-order valence-corrected chi connectivity index (χ0v) is 17.4. The second-order valence-corrected chi connectivity index (χ2v) is 7.29. The molecule has 4 nitrogen and oxygen atoms in total. The second-order valence-electron chi connectivity index (χ2n) is 7.29. The molecule has 1 aliphatic rings. The summed E-state index contributed by atoms with van der Waals surface area (Å²) in [6, 6.07) is 22.6. The van der Waals surface area contributed by atoms with Gasteiger partial charge < -0.3 is 19.5 Å². The van der Waals surface area contributed by atoms with E-state index in [0.29, 0.717) is 6.61 Å². The van der Waals surface area contributed by atoms with Crippen molar-refractivity contribution in [1.29, 1.82) is 0 Å². The maximum absolute atomic E-state index is 6.09. The highest BCUT2D eigenvalue weighted by Gasteiger charge is 2.21. The summed E-state index contributed by atoms with van der Waals surface area (Å²) >= 11 is 0. The Kier molecular flexibility index (Phi) is 6.35. The third-order valence-electron chi connectivity index (χ3n) is 5.35. The van der Waals surface area contributed by atoms with Gasteiger partial charge in [0, 0.05) is 6.54 Å². The molecule has 154 valence electrons. The summed E-state index contributed by atoms with van der Waals surface area (Å²) in [4.78, 5) is 0. The minimum atomic E-state index is 0.132. The molecular weight excluding hydrogens is 374 g/mol. The van der Waals surface area contributed by atoms with Gasteiger partial charge in [-0.3, -0.25) is 0 Å². The van der Waals surface area contributed by atoms with Crippen molar-refractivity contribution in [1.82, 2.24) is 5.32 Å². The van der Waals surface area contributed by atoms with Gasteiger partial charge in [-0.25, -0.2) is 0 Å². The molecule has 4 heteroatoms. The lowest BCUT2D eigenvalue weighted by molar-refractivity contribution is 0.283. The fraction of sp³-hybridized carbons (Fsp3) is 0.231. The van der Waals surface area contributed by atoms with Crippen LogP contribution in [0.4, 0.5) is 0 Å². The molecule has 1 unspecified atom stereocenters. The number of rotatable bonds is 7. The predicted molar refractivity (Wildman–Crippen MR) is 120 cm³/mol. The normalized spacial score (nSPS) is 15.6. The summed E-state index contributed by atoms with van der Waals surface area (Å²) in [6.07, 6.45) is 5.30. The fourth-order valence-electron chi connectivity index (χ4n) is 3.70. The minimum absolute atomic E-state index is 0.132. The fourth-order valence-corrected chi connectivity index (χ4v) is 3.70. The van der Waals surface area contributed by atoms with E-state index >= 15 is 0 Å². The van der Waals surface area contributed by atoms with Gasteiger partial charge in [-0.1, -0.05) is 54.6 Å². The van der Waals surface area contributed by atoms with Crippen LogP contribution in [0.25, 0.3) is 6.08 Å². The van der Waals surface area contributed by atoms with Crippen LogP contribution in [0.1, 0.15) is 28.3 Å². The van der Waals surface area contributed by atoms with Gasteiger partial charge in [-0.2, -0.15) is 0 Å². The molecule has 0 radical (unpaired) electrons. The van der Waals surface area contributed by atoms with Gasteiger partial charge in [0.1, 0.15) is 12.4 Å². The Balaban J connectivity index is 1.54. The van der Waals surface area contributed by atoms with Gasteiger partial charge in [-0.15, -0.1) is 0 Å². The van der Waals surface area contributed by atoms with Crippen molar-refractivity contribution in [3.8, 4) is 17.2 Å². The Bertz CT molecular complexity index is 997. The Morgan fingerprint density at radius 2 is 1.73 bits per heavy atom. The lowest BCUT2D eigenvalue weighted by Gasteiger charge is -2.26. The monoisotopic (exact) mass is 401 g/mol. The van der Waals surface area contributed by atoms with Crippen LogP contribution in [0.2, 0.25) is 0 Å². The SMILES string of the molecule is COc1ccc(/C=C/C2NCCc3cc(OCc4ccccc4)c(OC)cc32)cc1. The van der Waals surface area contributed by atoms with Gasteiger partial charge >= 0.3 is 0 Å². The number of fused-ring (bicyclic) bond motifs is 1. The maximum Gasteiger partial charge on any atom is 0.161 e. The molecule has 0 fully saturated rings. The summed E-state index contributed by atoms with van der Waals surface area (Å²) in [7, 11) is 3.37. The molecule has 0 aromatic heterocycles. The molecule has 0 spiro atoms. The zero-order chi connectivity index (χ0) is 20.8. The van der Waals surface area contributed by atoms with E-state index < -0.39 is 0 Å². The maximum atomic E-state index is 6.09. The lowest BCUT2D eigenvalue weighted by Crippen LogP contribution is -2.28. The van der Waals surface area contributed by atoms with Crippen molar-refractivity contribution in [2.45, 2.75) is 19.1 Å². The first-order valence-corrected chi connectivity index (χ1v) is 10.2. The predicted octanol–water partition coefficient (Wildman–Crippen LogP) is 5.18. The van der Waals surface area contributed by atoms with Crippen LogP contribution >= 0.6 is 0 Å². The van der Waals surface area contributed by atoms with Crippen molar-refractivity contribution >= 4 is 6.08 Å². The van der Waals surface area contributed by atoms with E-state index in [1.54, 1.807) is 14.2 Å². The van der Waals surface area contributed by atoms with E-state index in [1.807, 2.05) is 30.3 Å². The molecule has 1 heterocycles. The zero-order valence-electron chi connectivity index (χ0n) is 17.4. The minimum Gasteiger partial charge on any atom is -0.497 e. The molecule has 1 N–H and O–H groups in total. The number of benzene rings is 3. The summed E-state index contributed by atoms with van der Waals surface area (Å²) < 4.78 is 17.0. The van der Waals surface area contributed by atoms with Crippen LogP contribution < -0.4 is 19.5 Å². The quantitative estimate of drug-likeness (QED) is 0.592. The molecule has 0 aliphatic carbocycles. The molecule has 0 saturated heterocycles. The molecule has 4 rings (SSSR count). The third-order valence-corrected chi connectivity index (χ3v) is 5.35. The van der Waals surface area contributed by atoms with Gasteiger partial charge in [0.25, 0.3) is 0 Å². The standard InChI is InChI=1S/C26H27NO3/c1-28-22-11-8-19(9-12-22)10-13-24-23-17-25(29-2)26(16-21(23)14-15-27-24)30-18-20-6-4-3-5-7-20/h3-13,16-17,24,27H,14-15,18H2,1-2H3/b13-10+. The summed E-state index contributed by atoms with van der Waals surface area (Å²) in [5, 5.41) is 3.59. The third kappa shape index (κ3) is 4.66. The van der Waals surface area contributed by atoms with Crippen molar-refractivity contribution in [3.05, 3.63) is 95.1 Å². The number of nitrogens with one attached hydrogen (secondary N) is 1. The average molecular weight is 402 g/mol. The Morgan fingerprint density at radius 3 is 2.47 bits per heavy atom. The lowest BCUT2D eigenvalue weighted by atomic mass is 9.93. The largest absolute Gasteiger partial charge is 0.497 e. The van der Waals surface area contributed by atoms with Crippen LogP contribution in [-0.4, -0.2) is 20.8 Å². The van der Waals surface area contributed by atoms with Gasteiger partial charge in [0.15, 0.2) is 11.5 Å². The molecule has 1 atom stereocenters. The first kappa shape index (κ1) is 20.0. The van der Waals surface area contributed by atoms with Crippen LogP contribution in [0.15, 0.2) is 72.8 Å². The van der Waals surface area contributed by atoms with Gasteiger partial charge in [-0.05, 0) is 52.9 Å². The van der Waals surface area contributed by atoms with Crippen molar-refractivity contribution in [3.63, 3.8) is 0 Å². The van der Waals surface area contributed by atoms with E-state index in [9.17, 15) is 0 Å². The van der Waals surface area contributed by atoms with Crippen LogP contribution in [0.3, 0.4) is 0 Å². The second kappa shape index (κ2) is 9.51. The Morgan fingerprint density at radius 1 is 0.933 bits per heavy atom. The van der Waals surface area contributed by atoms with Gasteiger partial charge in [0.05, 0.1) is 20.3 Å². The van der Waals surface area contributed by atoms with E-state index in [2.05, 4.69) is 53.9 Å². The molecule has 3 aromatic carbocycles. The van der Waals surface area contributed by atoms with Gasteiger partial charge in [0.2, 0.25) is 0 Å². The molecule has 30 heavy (non-hydrogen) atoms. The van der Waals surface area contributed by atoms with Crippen LogP contribution in [-0.2, 0) is 13.0 Å². The first-order valence-electron chi connectivity index (χ1n) is 10.2. The topological polar surface area (TPSA) is 39.7 Å². The Labute approximate surface area is 178 Å². The number of ether oxygens (including phenoxy) is 3. The van der Waals surface area contributed by atoms with E-state index in [0.717, 1.165) is 41.3 Å². The first-order chi connectivity index (χ1) is 14.8. The highest BCUT2D eigenvalue weighted by atomic mass is 16.5. The average Bonchev–Trinajstić information content (AvgIpc) is 2.81. The molecule has 0 saturated carbocycles. The Hall–Kier alpha value is -3.24. The summed E-state index contributed by atoms with van der Waals surface area (Å²) in [5.74, 6) is 2.41. The molecular formula is C26H27NO3. The smallest absolute Gasteiger partial charge is 0.161 e. The number of hydrogen-bond donors (Lipinski definition) is 1. The molecule has 0 bridgehead atoms. The van der Waals surface area contributed by atoms with Crippen LogP contribution in [0, 0.1) is 0 Å².